The Kier molecular flexibility index (Phi) is 6.50. The molecule has 1 aliphatic heterocycles. The van der Waals surface area contributed by atoms with E-state index in [1.165, 1.54) is 0 Å². The average Bonchev–Trinajstić information content (AvgIpc) is 3.14. The molecule has 1 aromatic carbocycles. The number of hydrogen-bond acceptors (Lipinski definition) is 4. The van der Waals surface area contributed by atoms with E-state index in [2.05, 4.69) is 10.2 Å². The van der Waals surface area contributed by atoms with Gasteiger partial charge < -0.3 is 15.3 Å². The highest BCUT2D eigenvalue weighted by atomic mass is 16.3. The molecule has 148 valence electrons. The van der Waals surface area contributed by atoms with Crippen LogP contribution in [-0.4, -0.2) is 66.1 Å². The summed E-state index contributed by atoms with van der Waals surface area (Å²) in [5, 5.41) is 12.7. The van der Waals surface area contributed by atoms with Gasteiger partial charge in [-0.05, 0) is 18.4 Å². The number of aliphatic hydroxyl groups is 1. The van der Waals surface area contributed by atoms with Gasteiger partial charge in [-0.2, -0.15) is 0 Å². The van der Waals surface area contributed by atoms with Crippen LogP contribution in [0.4, 0.5) is 0 Å². The second kappa shape index (κ2) is 8.85. The lowest BCUT2D eigenvalue weighted by Gasteiger charge is -2.36. The van der Waals surface area contributed by atoms with Gasteiger partial charge in [0.2, 0.25) is 11.8 Å². The van der Waals surface area contributed by atoms with Gasteiger partial charge in [-0.25, -0.2) is 0 Å². The first-order valence-corrected chi connectivity index (χ1v) is 9.93. The van der Waals surface area contributed by atoms with Gasteiger partial charge in [-0.3, -0.25) is 14.5 Å². The third-order valence-electron chi connectivity index (χ3n) is 6.04. The molecule has 0 spiro atoms. The van der Waals surface area contributed by atoms with Crippen LogP contribution in [0.15, 0.2) is 30.3 Å². The molecule has 2 N–H and O–H groups in total. The Bertz CT molecular complexity index is 643. The van der Waals surface area contributed by atoms with Crippen LogP contribution in [0.5, 0.6) is 0 Å². The van der Waals surface area contributed by atoms with Crippen molar-refractivity contribution in [3.05, 3.63) is 35.9 Å². The number of carbonyl (C=O) groups excluding carboxylic acids is 2. The highest BCUT2D eigenvalue weighted by molar-refractivity contribution is 5.88. The Morgan fingerprint density at radius 1 is 1.30 bits per heavy atom. The molecule has 0 bridgehead atoms. The minimum atomic E-state index is -0.442. The molecule has 2 amide bonds. The van der Waals surface area contributed by atoms with E-state index in [4.69, 9.17) is 0 Å². The lowest BCUT2D eigenvalue weighted by atomic mass is 9.86. The largest absolute Gasteiger partial charge is 0.396 e. The third kappa shape index (κ3) is 4.87. The second-order valence-corrected chi connectivity index (χ2v) is 8.08. The fourth-order valence-corrected chi connectivity index (χ4v) is 4.39. The molecule has 1 atom stereocenters. The minimum Gasteiger partial charge on any atom is -0.396 e. The van der Waals surface area contributed by atoms with Crippen LogP contribution in [0, 0.1) is 5.41 Å². The van der Waals surface area contributed by atoms with Crippen molar-refractivity contribution in [3.63, 3.8) is 0 Å². The zero-order chi connectivity index (χ0) is 19.3. The van der Waals surface area contributed by atoms with Crippen LogP contribution < -0.4 is 5.32 Å². The van der Waals surface area contributed by atoms with Crippen LogP contribution in [0.3, 0.4) is 0 Å². The summed E-state index contributed by atoms with van der Waals surface area (Å²) in [6.45, 7) is 2.70. The van der Waals surface area contributed by atoms with Gasteiger partial charge in [0, 0.05) is 38.6 Å². The molecule has 0 radical (unpaired) electrons. The molecule has 0 aromatic heterocycles. The molecular weight excluding hydrogens is 342 g/mol. The Hall–Kier alpha value is -1.92. The van der Waals surface area contributed by atoms with Gasteiger partial charge in [-0.15, -0.1) is 0 Å². The van der Waals surface area contributed by atoms with E-state index in [1.54, 1.807) is 11.9 Å². The molecule has 1 aromatic rings. The van der Waals surface area contributed by atoms with Crippen molar-refractivity contribution in [1.82, 2.24) is 15.1 Å². The first kappa shape index (κ1) is 19.8. The van der Waals surface area contributed by atoms with Gasteiger partial charge in [0.25, 0.3) is 0 Å². The van der Waals surface area contributed by atoms with Crippen LogP contribution >= 0.6 is 0 Å². The van der Waals surface area contributed by atoms with Gasteiger partial charge in [-0.1, -0.05) is 43.2 Å². The Morgan fingerprint density at radius 2 is 2.00 bits per heavy atom. The van der Waals surface area contributed by atoms with Crippen molar-refractivity contribution >= 4 is 11.8 Å². The fraction of sp³-hybridized carbons (Fsp3) is 0.619. The molecule has 1 saturated carbocycles. The molecule has 6 heteroatoms. The molecule has 27 heavy (non-hydrogen) atoms. The van der Waals surface area contributed by atoms with Gasteiger partial charge in [0.05, 0.1) is 19.1 Å². The van der Waals surface area contributed by atoms with Crippen LogP contribution in [0.2, 0.25) is 0 Å². The molecule has 3 rings (SSSR count). The zero-order valence-corrected chi connectivity index (χ0v) is 16.2. The number of nitrogens with zero attached hydrogens (tertiary/aromatic N) is 2. The highest BCUT2D eigenvalue weighted by Crippen LogP contribution is 2.38. The number of hydrogen-bond donors (Lipinski definition) is 2. The summed E-state index contributed by atoms with van der Waals surface area (Å²) in [5.41, 5.74) is 0.978. The topological polar surface area (TPSA) is 72.9 Å². The molecule has 2 aliphatic rings. The smallest absolute Gasteiger partial charge is 0.237 e. The maximum absolute atomic E-state index is 12.8. The summed E-state index contributed by atoms with van der Waals surface area (Å²) < 4.78 is 0. The molecule has 6 nitrogen and oxygen atoms in total. The third-order valence-corrected chi connectivity index (χ3v) is 6.04. The molecule has 1 unspecified atom stereocenters. The van der Waals surface area contributed by atoms with E-state index in [1.807, 2.05) is 30.3 Å². The van der Waals surface area contributed by atoms with Crippen molar-refractivity contribution in [3.8, 4) is 0 Å². The SMILES string of the molecule is CN(CC1(CO)CCCC1)C(=O)CC1C(=O)NCCN1Cc1ccccc1. The number of rotatable bonds is 7. The van der Waals surface area contributed by atoms with E-state index >= 15 is 0 Å². The van der Waals surface area contributed by atoms with Crippen molar-refractivity contribution in [2.24, 2.45) is 5.41 Å². The summed E-state index contributed by atoms with van der Waals surface area (Å²) >= 11 is 0. The summed E-state index contributed by atoms with van der Waals surface area (Å²) in [6, 6.07) is 9.60. The minimum absolute atomic E-state index is 0.0326. The zero-order valence-electron chi connectivity index (χ0n) is 16.2. The van der Waals surface area contributed by atoms with Crippen LogP contribution in [0.25, 0.3) is 0 Å². The predicted molar refractivity (Wildman–Crippen MR) is 104 cm³/mol. The fourth-order valence-electron chi connectivity index (χ4n) is 4.39. The molecule has 1 aliphatic carbocycles. The summed E-state index contributed by atoms with van der Waals surface area (Å²) in [5.74, 6) is -0.105. The van der Waals surface area contributed by atoms with Crippen molar-refractivity contribution in [1.29, 1.82) is 0 Å². The maximum atomic E-state index is 12.8. The lowest BCUT2D eigenvalue weighted by molar-refractivity contribution is -0.139. The Labute approximate surface area is 161 Å². The number of piperazine rings is 1. The van der Waals surface area contributed by atoms with Crippen molar-refractivity contribution in [2.75, 3.05) is 33.3 Å². The lowest BCUT2D eigenvalue weighted by Crippen LogP contribution is -2.56. The number of nitrogens with one attached hydrogen (secondary N) is 1. The number of benzene rings is 1. The number of carbonyl (C=O) groups is 2. The standard InChI is InChI=1S/C21H31N3O3/c1-23(15-21(16-25)9-5-6-10-21)19(26)13-18-20(27)22-11-12-24(18)14-17-7-3-2-4-8-17/h2-4,7-8,18,25H,5-6,9-16H2,1H3,(H,22,27). The average molecular weight is 373 g/mol. The quantitative estimate of drug-likeness (QED) is 0.758. The molecule has 2 fully saturated rings. The van der Waals surface area contributed by atoms with Crippen molar-refractivity contribution in [2.45, 2.75) is 44.7 Å². The number of aliphatic hydroxyl groups excluding tert-OH is 1. The first-order valence-electron chi connectivity index (χ1n) is 9.93. The predicted octanol–water partition coefficient (Wildman–Crippen LogP) is 1.39. The number of amides is 2. The summed E-state index contributed by atoms with van der Waals surface area (Å²) in [6.07, 6.45) is 4.32. The molecular formula is C21H31N3O3. The van der Waals surface area contributed by atoms with E-state index in [0.29, 0.717) is 19.6 Å². The molecule has 1 heterocycles. The Morgan fingerprint density at radius 3 is 2.67 bits per heavy atom. The monoisotopic (exact) mass is 373 g/mol. The maximum Gasteiger partial charge on any atom is 0.237 e. The van der Waals surface area contributed by atoms with E-state index in [0.717, 1.165) is 37.8 Å². The second-order valence-electron chi connectivity index (χ2n) is 8.08. The Balaban J connectivity index is 1.63. The molecule has 1 saturated heterocycles. The van der Waals surface area contributed by atoms with Crippen molar-refractivity contribution < 1.29 is 14.7 Å². The van der Waals surface area contributed by atoms with E-state index in [9.17, 15) is 14.7 Å². The van der Waals surface area contributed by atoms with E-state index in [-0.39, 0.29) is 30.3 Å². The summed E-state index contributed by atoms with van der Waals surface area (Å²) in [4.78, 5) is 29.1. The van der Waals surface area contributed by atoms with Gasteiger partial charge in [0.1, 0.15) is 0 Å². The highest BCUT2D eigenvalue weighted by Gasteiger charge is 2.37. The first-order chi connectivity index (χ1) is 13.0. The van der Waals surface area contributed by atoms with Crippen LogP contribution in [-0.2, 0) is 16.1 Å². The van der Waals surface area contributed by atoms with E-state index < -0.39 is 6.04 Å². The summed E-state index contributed by atoms with van der Waals surface area (Å²) in [7, 11) is 1.79. The van der Waals surface area contributed by atoms with Gasteiger partial charge >= 0.3 is 0 Å². The van der Waals surface area contributed by atoms with Crippen LogP contribution in [0.1, 0.15) is 37.7 Å². The normalized spacial score (nSPS) is 22.4. The van der Waals surface area contributed by atoms with Gasteiger partial charge in [0.15, 0.2) is 0 Å².